The fourth-order valence-corrected chi connectivity index (χ4v) is 6.66. The third-order valence-electron chi connectivity index (χ3n) is 9.21. The Bertz CT molecular complexity index is 1690. The Labute approximate surface area is 267 Å². The molecule has 0 bridgehead atoms. The highest BCUT2D eigenvalue weighted by atomic mass is 19.1. The number of fused-ring (bicyclic) bond motifs is 1. The number of morpholine rings is 1. The van der Waals surface area contributed by atoms with E-state index >= 15 is 0 Å². The summed E-state index contributed by atoms with van der Waals surface area (Å²) in [6.45, 7) is 7.99. The first kappa shape index (κ1) is 31.7. The summed E-state index contributed by atoms with van der Waals surface area (Å²) in [6.07, 6.45) is 3.75. The van der Waals surface area contributed by atoms with Gasteiger partial charge in [0.15, 0.2) is 0 Å². The number of carbonyl (C=O) groups is 2. The molecular weight excluding hydrogens is 593 g/mol. The summed E-state index contributed by atoms with van der Waals surface area (Å²) >= 11 is 0. The number of carbonyl (C=O) groups excluding carboxylic acids is 2. The fraction of sp³-hybridized carbons (Fsp3) is 0.457. The Hall–Kier alpha value is -4.22. The smallest absolute Gasteiger partial charge is 0.327 e. The van der Waals surface area contributed by atoms with Crippen LogP contribution in [0.3, 0.4) is 0 Å². The zero-order chi connectivity index (χ0) is 32.9. The maximum atomic E-state index is 14.1. The fourth-order valence-electron chi connectivity index (χ4n) is 6.66. The van der Waals surface area contributed by atoms with Crippen molar-refractivity contribution in [2.75, 3.05) is 19.8 Å². The molecule has 6 rings (SSSR count). The molecule has 0 spiro atoms. The minimum Gasteiger partial charge on any atom is -0.490 e. The summed E-state index contributed by atoms with van der Waals surface area (Å²) in [7, 11) is 1.65. The molecule has 1 N–H and O–H groups in total. The van der Waals surface area contributed by atoms with E-state index in [9.17, 15) is 23.9 Å². The third kappa shape index (κ3) is 6.01. The van der Waals surface area contributed by atoms with Crippen LogP contribution < -0.4 is 15.0 Å². The molecule has 1 aliphatic carbocycles. The number of ether oxygens (including phenoxy) is 3. The first-order valence-corrected chi connectivity index (χ1v) is 15.7. The third-order valence-corrected chi connectivity index (χ3v) is 9.21. The van der Waals surface area contributed by atoms with E-state index in [1.807, 2.05) is 6.07 Å². The van der Waals surface area contributed by atoms with Gasteiger partial charge in [0.1, 0.15) is 29.1 Å². The highest BCUT2D eigenvalue weighted by Gasteiger charge is 2.49. The zero-order valence-electron chi connectivity index (χ0n) is 26.8. The molecular formula is C35H40FN3O7. The van der Waals surface area contributed by atoms with E-state index < -0.39 is 11.6 Å². The van der Waals surface area contributed by atoms with Gasteiger partial charge in [-0.1, -0.05) is 6.07 Å². The van der Waals surface area contributed by atoms with E-state index in [2.05, 4.69) is 0 Å². The molecule has 1 atom stereocenters. The van der Waals surface area contributed by atoms with Crippen molar-refractivity contribution < 1.29 is 33.3 Å². The standard InChI is InChI=1S/C35H40FN3O7/c1-20-14-23(36)15-21(2)32(20)46-29-11-6-22(35(3,4)43)16-26(29)27-18-37(5)31(40)17-30(27)45-25-9-7-24(8-10-25)39-33(41)28-19-44-13-12-38(28)34(39)42/h6,11,14-18,24-25,28,43H,7-10,12-13,19H2,1-5H3. The number of imide groups is 1. The molecule has 10 nitrogen and oxygen atoms in total. The lowest BCUT2D eigenvalue weighted by Gasteiger charge is -2.33. The van der Waals surface area contributed by atoms with E-state index in [0.29, 0.717) is 83.9 Å². The number of aryl methyl sites for hydroxylation is 3. The highest BCUT2D eigenvalue weighted by molar-refractivity contribution is 6.04. The lowest BCUT2D eigenvalue weighted by atomic mass is 9.91. The van der Waals surface area contributed by atoms with Crippen LogP contribution in [0.5, 0.6) is 17.2 Å². The molecule has 3 aromatic rings. The van der Waals surface area contributed by atoms with Gasteiger partial charge in [0.05, 0.1) is 24.9 Å². The Morgan fingerprint density at radius 3 is 2.30 bits per heavy atom. The summed E-state index contributed by atoms with van der Waals surface area (Å²) in [6, 6.07) is 8.60. The van der Waals surface area contributed by atoms with E-state index in [0.717, 1.165) is 0 Å². The quantitative estimate of drug-likeness (QED) is 0.357. The summed E-state index contributed by atoms with van der Waals surface area (Å²) < 4.78 is 33.9. The van der Waals surface area contributed by atoms with Crippen LogP contribution in [-0.2, 0) is 22.2 Å². The monoisotopic (exact) mass is 633 g/mol. The topological polar surface area (TPSA) is 111 Å². The highest BCUT2D eigenvalue weighted by Crippen LogP contribution is 2.42. The Morgan fingerprint density at radius 1 is 0.957 bits per heavy atom. The number of halogens is 1. The van der Waals surface area contributed by atoms with E-state index in [1.54, 1.807) is 58.0 Å². The number of hydrogen-bond donors (Lipinski definition) is 1. The second-order valence-electron chi connectivity index (χ2n) is 13.1. The van der Waals surface area contributed by atoms with Gasteiger partial charge in [0.25, 0.3) is 11.5 Å². The van der Waals surface area contributed by atoms with Crippen LogP contribution >= 0.6 is 0 Å². The first-order valence-electron chi connectivity index (χ1n) is 15.7. The number of hydrogen-bond acceptors (Lipinski definition) is 7. The van der Waals surface area contributed by atoms with Crippen molar-refractivity contribution >= 4 is 11.9 Å². The Kier molecular flexibility index (Phi) is 8.41. The first-order chi connectivity index (χ1) is 21.8. The van der Waals surface area contributed by atoms with Gasteiger partial charge in [0.2, 0.25) is 0 Å². The number of pyridine rings is 1. The predicted octanol–water partition coefficient (Wildman–Crippen LogP) is 5.18. The predicted molar refractivity (Wildman–Crippen MR) is 169 cm³/mol. The SMILES string of the molecule is Cc1cc(F)cc(C)c1Oc1ccc(C(C)(C)O)cc1-c1cn(C)c(=O)cc1OC1CCC(N2C(=O)C3COCCN3C2=O)CC1. The number of rotatable bonds is 7. The van der Waals surface area contributed by atoms with Crippen LogP contribution in [0.1, 0.15) is 56.2 Å². The largest absolute Gasteiger partial charge is 0.490 e. The molecule has 3 fully saturated rings. The molecule has 2 saturated heterocycles. The van der Waals surface area contributed by atoms with Gasteiger partial charge in [0, 0.05) is 43.0 Å². The van der Waals surface area contributed by atoms with Crippen molar-refractivity contribution in [1.82, 2.24) is 14.4 Å². The maximum Gasteiger partial charge on any atom is 0.327 e. The van der Waals surface area contributed by atoms with Gasteiger partial charge in [-0.2, -0.15) is 0 Å². The lowest BCUT2D eigenvalue weighted by Crippen LogP contribution is -2.45. The minimum atomic E-state index is -1.17. The van der Waals surface area contributed by atoms with Crippen molar-refractivity contribution in [3.8, 4) is 28.4 Å². The molecule has 244 valence electrons. The summed E-state index contributed by atoms with van der Waals surface area (Å²) in [4.78, 5) is 42.1. The van der Waals surface area contributed by atoms with Gasteiger partial charge in [-0.3, -0.25) is 14.5 Å². The molecule has 3 aliphatic rings. The van der Waals surface area contributed by atoms with Gasteiger partial charge >= 0.3 is 6.03 Å². The van der Waals surface area contributed by atoms with Crippen LogP contribution in [0.25, 0.3) is 11.1 Å². The van der Waals surface area contributed by atoms with Crippen LogP contribution in [0.4, 0.5) is 9.18 Å². The van der Waals surface area contributed by atoms with E-state index in [-0.39, 0.29) is 42.1 Å². The van der Waals surface area contributed by atoms with Crippen molar-refractivity contribution in [3.63, 3.8) is 0 Å². The molecule has 1 saturated carbocycles. The number of amides is 3. The molecule has 11 heteroatoms. The van der Waals surface area contributed by atoms with Crippen molar-refractivity contribution in [3.05, 3.63) is 75.5 Å². The lowest BCUT2D eigenvalue weighted by molar-refractivity contribution is -0.133. The summed E-state index contributed by atoms with van der Waals surface area (Å²) in [5.74, 6) is 0.766. The van der Waals surface area contributed by atoms with E-state index in [1.165, 1.54) is 27.7 Å². The second-order valence-corrected chi connectivity index (χ2v) is 13.1. The number of benzene rings is 2. The maximum absolute atomic E-state index is 14.1. The molecule has 3 heterocycles. The average Bonchev–Trinajstić information content (AvgIpc) is 3.26. The normalized spacial score (nSPS) is 21.8. The molecule has 2 aliphatic heterocycles. The number of aromatic nitrogens is 1. The van der Waals surface area contributed by atoms with Gasteiger partial charge in [-0.25, -0.2) is 9.18 Å². The minimum absolute atomic E-state index is 0.200. The number of aliphatic hydroxyl groups is 1. The molecule has 0 radical (unpaired) electrons. The van der Waals surface area contributed by atoms with Crippen LogP contribution in [0, 0.1) is 19.7 Å². The second kappa shape index (κ2) is 12.2. The molecule has 3 amide bonds. The van der Waals surface area contributed by atoms with Gasteiger partial charge in [-0.05, 0) is 94.3 Å². The van der Waals surface area contributed by atoms with Crippen molar-refractivity contribution in [1.29, 1.82) is 0 Å². The van der Waals surface area contributed by atoms with E-state index in [4.69, 9.17) is 14.2 Å². The molecule has 46 heavy (non-hydrogen) atoms. The summed E-state index contributed by atoms with van der Waals surface area (Å²) in [5.41, 5.74) is 1.64. The Balaban J connectivity index is 1.30. The van der Waals surface area contributed by atoms with Gasteiger partial charge in [-0.15, -0.1) is 0 Å². The average molecular weight is 634 g/mol. The van der Waals surface area contributed by atoms with Crippen LogP contribution in [0.2, 0.25) is 0 Å². The van der Waals surface area contributed by atoms with Gasteiger partial charge < -0.3 is 28.8 Å². The molecule has 1 aromatic heterocycles. The number of nitrogens with zero attached hydrogens (tertiary/aromatic N) is 3. The van der Waals surface area contributed by atoms with Crippen molar-refractivity contribution in [2.24, 2.45) is 7.05 Å². The Morgan fingerprint density at radius 2 is 1.65 bits per heavy atom. The molecule has 1 unspecified atom stereocenters. The number of urea groups is 1. The van der Waals surface area contributed by atoms with Crippen LogP contribution in [-0.4, -0.2) is 69.4 Å². The van der Waals surface area contributed by atoms with Crippen molar-refractivity contribution in [2.45, 2.75) is 77.2 Å². The summed E-state index contributed by atoms with van der Waals surface area (Å²) in [5, 5.41) is 10.9. The zero-order valence-corrected chi connectivity index (χ0v) is 26.8. The van der Waals surface area contributed by atoms with Crippen LogP contribution in [0.15, 0.2) is 47.4 Å². The molecule has 2 aromatic carbocycles.